The van der Waals surface area contributed by atoms with Gasteiger partial charge in [0.25, 0.3) is 0 Å². The predicted molar refractivity (Wildman–Crippen MR) is 98.3 cm³/mol. The van der Waals surface area contributed by atoms with Crippen molar-refractivity contribution in [3.8, 4) is 16.9 Å². The number of hydrogen-bond donors (Lipinski definition) is 2. The van der Waals surface area contributed by atoms with Crippen LogP contribution in [0.15, 0.2) is 48.5 Å². The highest BCUT2D eigenvalue weighted by Gasteiger charge is 2.04. The molecule has 2 rings (SSSR count). The van der Waals surface area contributed by atoms with Gasteiger partial charge in [-0.2, -0.15) is 0 Å². The molecule has 1 atom stereocenters. The summed E-state index contributed by atoms with van der Waals surface area (Å²) >= 11 is 0. The van der Waals surface area contributed by atoms with Crippen molar-refractivity contribution in [1.29, 1.82) is 0 Å². The van der Waals surface area contributed by atoms with Gasteiger partial charge in [0.15, 0.2) is 0 Å². The summed E-state index contributed by atoms with van der Waals surface area (Å²) in [6.45, 7) is 2.05. The van der Waals surface area contributed by atoms with E-state index in [1.165, 1.54) is 36.8 Å². The van der Waals surface area contributed by atoms with Gasteiger partial charge in [0.05, 0.1) is 6.61 Å². The minimum Gasteiger partial charge on any atom is -0.491 e. The maximum atomic E-state index is 9.29. The van der Waals surface area contributed by atoms with E-state index in [4.69, 9.17) is 9.84 Å². The first-order valence-electron chi connectivity index (χ1n) is 8.84. The molecule has 2 N–H and O–H groups in total. The Kier molecular flexibility index (Phi) is 7.80. The third-order valence-electron chi connectivity index (χ3n) is 4.11. The average molecular weight is 328 g/mol. The monoisotopic (exact) mass is 328 g/mol. The third-order valence-corrected chi connectivity index (χ3v) is 4.11. The second-order valence-corrected chi connectivity index (χ2v) is 6.18. The number of aliphatic hydroxyl groups is 2. The van der Waals surface area contributed by atoms with Crippen molar-refractivity contribution in [3.05, 3.63) is 54.1 Å². The van der Waals surface area contributed by atoms with Crippen LogP contribution in [-0.4, -0.2) is 29.5 Å². The minimum absolute atomic E-state index is 0.0998. The zero-order valence-corrected chi connectivity index (χ0v) is 14.4. The predicted octanol–water partition coefficient (Wildman–Crippen LogP) is 4.21. The van der Waals surface area contributed by atoms with E-state index in [1.807, 2.05) is 24.3 Å². The fourth-order valence-corrected chi connectivity index (χ4v) is 2.61. The fourth-order valence-electron chi connectivity index (χ4n) is 2.61. The zero-order chi connectivity index (χ0) is 17.2. The molecule has 0 heterocycles. The Bertz CT molecular complexity index is 575. The van der Waals surface area contributed by atoms with Crippen molar-refractivity contribution >= 4 is 0 Å². The molecule has 2 aromatic rings. The highest BCUT2D eigenvalue weighted by atomic mass is 16.5. The largest absolute Gasteiger partial charge is 0.491 e. The van der Waals surface area contributed by atoms with Gasteiger partial charge in [-0.25, -0.2) is 0 Å². The highest BCUT2D eigenvalue weighted by Crippen LogP contribution is 2.23. The molecule has 0 aliphatic rings. The first-order chi connectivity index (χ1) is 11.7. The Morgan fingerprint density at radius 3 is 2.08 bits per heavy atom. The van der Waals surface area contributed by atoms with Crippen LogP contribution in [0.2, 0.25) is 0 Å². The number of aliphatic hydroxyl groups excluding tert-OH is 2. The lowest BCUT2D eigenvalue weighted by Gasteiger charge is -2.10. The maximum absolute atomic E-state index is 9.29. The Morgan fingerprint density at radius 2 is 1.50 bits per heavy atom. The molecule has 2 aromatic carbocycles. The van der Waals surface area contributed by atoms with Gasteiger partial charge in [-0.1, -0.05) is 62.6 Å². The van der Waals surface area contributed by atoms with Crippen LogP contribution in [0.4, 0.5) is 0 Å². The molecule has 0 aliphatic heterocycles. The summed E-state index contributed by atoms with van der Waals surface area (Å²) in [7, 11) is 0. The first kappa shape index (κ1) is 18.5. The molecule has 0 aliphatic carbocycles. The topological polar surface area (TPSA) is 49.7 Å². The Labute approximate surface area is 144 Å². The van der Waals surface area contributed by atoms with E-state index >= 15 is 0 Å². The summed E-state index contributed by atoms with van der Waals surface area (Å²) in [5.41, 5.74) is 3.73. The average Bonchev–Trinajstić information content (AvgIpc) is 2.64. The number of unbranched alkanes of at least 4 members (excludes halogenated alkanes) is 3. The van der Waals surface area contributed by atoms with Crippen LogP contribution in [0, 0.1) is 0 Å². The Balaban J connectivity index is 1.89. The van der Waals surface area contributed by atoms with Crippen LogP contribution in [0.5, 0.6) is 5.75 Å². The Hall–Kier alpha value is -1.84. The Morgan fingerprint density at radius 1 is 0.875 bits per heavy atom. The molecule has 0 aromatic heterocycles. The molecule has 3 nitrogen and oxygen atoms in total. The van der Waals surface area contributed by atoms with E-state index < -0.39 is 6.10 Å². The maximum Gasteiger partial charge on any atom is 0.119 e. The van der Waals surface area contributed by atoms with Gasteiger partial charge in [-0.3, -0.25) is 0 Å². The summed E-state index contributed by atoms with van der Waals surface area (Å²) in [4.78, 5) is 0. The van der Waals surface area contributed by atoms with Gasteiger partial charge < -0.3 is 14.9 Å². The quantitative estimate of drug-likeness (QED) is 0.642. The number of rotatable bonds is 10. The van der Waals surface area contributed by atoms with Crippen LogP contribution < -0.4 is 4.74 Å². The summed E-state index contributed by atoms with van der Waals surface area (Å²) in [5, 5.41) is 18.1. The van der Waals surface area contributed by atoms with Gasteiger partial charge in [0.2, 0.25) is 0 Å². The summed E-state index contributed by atoms with van der Waals surface area (Å²) in [6.07, 6.45) is 5.48. The molecule has 0 fully saturated rings. The molecule has 24 heavy (non-hydrogen) atoms. The standard InChI is InChI=1S/C21H28O3/c1-2-3-4-5-6-17-7-9-18(10-8-17)19-11-13-21(14-12-19)24-16-20(23)15-22/h7-14,20,22-23H,2-6,15-16H2,1H3. The van der Waals surface area contributed by atoms with E-state index in [9.17, 15) is 5.11 Å². The second-order valence-electron chi connectivity index (χ2n) is 6.18. The van der Waals surface area contributed by atoms with Crippen LogP contribution in [0.1, 0.15) is 38.2 Å². The van der Waals surface area contributed by atoms with Crippen molar-refractivity contribution in [3.63, 3.8) is 0 Å². The van der Waals surface area contributed by atoms with E-state index in [-0.39, 0.29) is 13.2 Å². The molecule has 0 radical (unpaired) electrons. The van der Waals surface area contributed by atoms with Crippen LogP contribution in [0.25, 0.3) is 11.1 Å². The summed E-state index contributed by atoms with van der Waals surface area (Å²) in [5.74, 6) is 0.693. The molecule has 0 saturated heterocycles. The van der Waals surface area contributed by atoms with Gasteiger partial charge in [-0.05, 0) is 41.7 Å². The molecule has 0 saturated carbocycles. The van der Waals surface area contributed by atoms with Gasteiger partial charge in [0.1, 0.15) is 18.5 Å². The number of aryl methyl sites for hydroxylation is 1. The lowest BCUT2D eigenvalue weighted by Crippen LogP contribution is -2.21. The molecule has 0 bridgehead atoms. The zero-order valence-electron chi connectivity index (χ0n) is 14.4. The molecule has 1 unspecified atom stereocenters. The lowest BCUT2D eigenvalue weighted by atomic mass is 10.0. The van der Waals surface area contributed by atoms with Crippen LogP contribution >= 0.6 is 0 Å². The van der Waals surface area contributed by atoms with Gasteiger partial charge in [0, 0.05) is 0 Å². The van der Waals surface area contributed by atoms with Crippen molar-refractivity contribution in [2.45, 2.75) is 45.1 Å². The highest BCUT2D eigenvalue weighted by molar-refractivity contribution is 5.64. The van der Waals surface area contributed by atoms with Gasteiger partial charge >= 0.3 is 0 Å². The number of benzene rings is 2. The molecule has 0 amide bonds. The van der Waals surface area contributed by atoms with E-state index in [0.29, 0.717) is 5.75 Å². The fraction of sp³-hybridized carbons (Fsp3) is 0.429. The molecular weight excluding hydrogens is 300 g/mol. The van der Waals surface area contributed by atoms with Gasteiger partial charge in [-0.15, -0.1) is 0 Å². The van der Waals surface area contributed by atoms with Crippen LogP contribution in [0.3, 0.4) is 0 Å². The SMILES string of the molecule is CCCCCCc1ccc(-c2ccc(OCC(O)CO)cc2)cc1. The van der Waals surface area contributed by atoms with Crippen LogP contribution in [-0.2, 0) is 6.42 Å². The van der Waals surface area contributed by atoms with Crippen molar-refractivity contribution in [2.75, 3.05) is 13.2 Å². The minimum atomic E-state index is -0.838. The summed E-state index contributed by atoms with van der Waals surface area (Å²) in [6, 6.07) is 16.6. The normalized spacial score (nSPS) is 12.1. The van der Waals surface area contributed by atoms with E-state index in [2.05, 4.69) is 31.2 Å². The molecule has 130 valence electrons. The van der Waals surface area contributed by atoms with Crippen molar-refractivity contribution < 1.29 is 14.9 Å². The van der Waals surface area contributed by atoms with E-state index in [1.54, 1.807) is 0 Å². The summed E-state index contributed by atoms with van der Waals surface area (Å²) < 4.78 is 5.42. The molecular formula is C21H28O3. The lowest BCUT2D eigenvalue weighted by molar-refractivity contribution is 0.0536. The third kappa shape index (κ3) is 5.99. The molecule has 3 heteroatoms. The van der Waals surface area contributed by atoms with Crippen molar-refractivity contribution in [1.82, 2.24) is 0 Å². The number of hydrogen-bond acceptors (Lipinski definition) is 3. The smallest absolute Gasteiger partial charge is 0.119 e. The first-order valence-corrected chi connectivity index (χ1v) is 8.84. The van der Waals surface area contributed by atoms with E-state index in [0.717, 1.165) is 12.0 Å². The number of ether oxygens (including phenoxy) is 1. The molecule has 0 spiro atoms. The van der Waals surface area contributed by atoms with Crippen molar-refractivity contribution in [2.24, 2.45) is 0 Å². The second kappa shape index (κ2) is 10.1.